The Morgan fingerprint density at radius 3 is 2.18 bits per heavy atom. The third-order valence-electron chi connectivity index (χ3n) is 3.01. The zero-order chi connectivity index (χ0) is 16.8. The van der Waals surface area contributed by atoms with Crippen molar-refractivity contribution in [2.45, 2.75) is 33.1 Å². The number of aryl methyl sites for hydroxylation is 1. The second-order valence-corrected chi connectivity index (χ2v) is 6.74. The number of halogens is 3. The highest BCUT2D eigenvalue weighted by Gasteiger charge is 2.31. The zero-order valence-electron chi connectivity index (χ0n) is 12.5. The van der Waals surface area contributed by atoms with Crippen LogP contribution in [0, 0.1) is 0 Å². The van der Waals surface area contributed by atoms with Gasteiger partial charge in [-0.2, -0.15) is 13.2 Å². The molecule has 0 radical (unpaired) electrons. The van der Waals surface area contributed by atoms with Gasteiger partial charge >= 0.3 is 13.8 Å². The fourth-order valence-corrected chi connectivity index (χ4v) is 3.64. The van der Waals surface area contributed by atoms with E-state index in [2.05, 4.69) is 0 Å². The van der Waals surface area contributed by atoms with Crippen LogP contribution in [0.5, 0.6) is 0 Å². The fourth-order valence-electron chi connectivity index (χ4n) is 2.01. The first-order valence-electron chi connectivity index (χ1n) is 6.93. The van der Waals surface area contributed by atoms with Crippen molar-refractivity contribution in [1.82, 2.24) is 0 Å². The van der Waals surface area contributed by atoms with Crippen molar-refractivity contribution in [3.05, 3.63) is 34.9 Å². The van der Waals surface area contributed by atoms with E-state index in [0.717, 1.165) is 12.1 Å². The van der Waals surface area contributed by atoms with Crippen LogP contribution >= 0.6 is 7.60 Å². The molecule has 0 amide bonds. The molecule has 126 valence electrons. The van der Waals surface area contributed by atoms with Crippen molar-refractivity contribution in [2.24, 2.45) is 0 Å². The Kier molecular flexibility index (Phi) is 7.06. The van der Waals surface area contributed by atoms with Gasteiger partial charge < -0.3 is 14.2 Å². The SMILES string of the molecule is CCOP(=O)(CCc1ccc(C(F)(F)F)cc1CO)OCC. The predicted octanol–water partition coefficient (Wildman–Crippen LogP) is 4.01. The molecule has 1 rings (SSSR count). The highest BCUT2D eigenvalue weighted by atomic mass is 31.2. The number of hydrogen-bond acceptors (Lipinski definition) is 4. The number of rotatable bonds is 8. The van der Waals surface area contributed by atoms with Crippen molar-refractivity contribution in [1.29, 1.82) is 0 Å². The molecular weight excluding hydrogens is 320 g/mol. The number of alkyl halides is 3. The van der Waals surface area contributed by atoms with E-state index < -0.39 is 25.9 Å². The summed E-state index contributed by atoms with van der Waals surface area (Å²) in [5.74, 6) is 0. The van der Waals surface area contributed by atoms with Crippen LogP contribution in [0.3, 0.4) is 0 Å². The van der Waals surface area contributed by atoms with Gasteiger partial charge in [-0.3, -0.25) is 4.57 Å². The van der Waals surface area contributed by atoms with E-state index in [4.69, 9.17) is 9.05 Å². The van der Waals surface area contributed by atoms with Gasteiger partial charge in [0.05, 0.1) is 31.5 Å². The molecule has 1 N–H and O–H groups in total. The third-order valence-corrected chi connectivity index (χ3v) is 5.09. The molecule has 8 heteroatoms. The van der Waals surface area contributed by atoms with Crippen LogP contribution in [0.2, 0.25) is 0 Å². The second kappa shape index (κ2) is 8.11. The molecule has 0 bridgehead atoms. The molecule has 0 aromatic heterocycles. The zero-order valence-corrected chi connectivity index (χ0v) is 13.4. The van der Waals surface area contributed by atoms with Gasteiger partial charge in [0.1, 0.15) is 0 Å². The lowest BCUT2D eigenvalue weighted by Gasteiger charge is -2.18. The largest absolute Gasteiger partial charge is 0.416 e. The van der Waals surface area contributed by atoms with Gasteiger partial charge in [-0.05, 0) is 43.5 Å². The highest BCUT2D eigenvalue weighted by molar-refractivity contribution is 7.53. The molecule has 0 aliphatic rings. The lowest BCUT2D eigenvalue weighted by Crippen LogP contribution is -2.08. The average Bonchev–Trinajstić information content (AvgIpc) is 2.44. The van der Waals surface area contributed by atoms with Crippen molar-refractivity contribution < 1.29 is 31.9 Å². The van der Waals surface area contributed by atoms with Gasteiger partial charge in [-0.1, -0.05) is 6.07 Å². The Balaban J connectivity index is 2.91. The predicted molar refractivity (Wildman–Crippen MR) is 76.8 cm³/mol. The van der Waals surface area contributed by atoms with Gasteiger partial charge in [-0.25, -0.2) is 0 Å². The summed E-state index contributed by atoms with van der Waals surface area (Å²) in [4.78, 5) is 0. The van der Waals surface area contributed by atoms with E-state index in [1.807, 2.05) is 0 Å². The molecule has 1 aromatic rings. The van der Waals surface area contributed by atoms with Crippen LogP contribution < -0.4 is 0 Å². The normalized spacial score (nSPS) is 12.6. The number of hydrogen-bond donors (Lipinski definition) is 1. The Morgan fingerprint density at radius 1 is 1.14 bits per heavy atom. The van der Waals surface area contributed by atoms with Crippen LogP contribution in [0.1, 0.15) is 30.5 Å². The van der Waals surface area contributed by atoms with Crippen LogP contribution in [-0.2, 0) is 32.8 Å². The number of aliphatic hydroxyl groups is 1. The van der Waals surface area contributed by atoms with E-state index in [-0.39, 0.29) is 31.4 Å². The number of aliphatic hydroxyl groups excluding tert-OH is 1. The maximum Gasteiger partial charge on any atom is 0.416 e. The monoisotopic (exact) mass is 340 g/mol. The summed E-state index contributed by atoms with van der Waals surface area (Å²) in [5.41, 5.74) is -0.164. The van der Waals surface area contributed by atoms with Gasteiger partial charge in [0, 0.05) is 0 Å². The van der Waals surface area contributed by atoms with Crippen LogP contribution in [-0.4, -0.2) is 24.5 Å². The van der Waals surface area contributed by atoms with E-state index in [1.165, 1.54) is 6.07 Å². The second-order valence-electron chi connectivity index (χ2n) is 4.56. The highest BCUT2D eigenvalue weighted by Crippen LogP contribution is 2.48. The van der Waals surface area contributed by atoms with Gasteiger partial charge in [-0.15, -0.1) is 0 Å². The number of benzene rings is 1. The van der Waals surface area contributed by atoms with Crippen molar-refractivity contribution >= 4 is 7.60 Å². The molecule has 0 heterocycles. The quantitative estimate of drug-likeness (QED) is 0.727. The molecule has 0 saturated heterocycles. The average molecular weight is 340 g/mol. The van der Waals surface area contributed by atoms with Crippen LogP contribution in [0.4, 0.5) is 13.2 Å². The minimum atomic E-state index is -4.46. The van der Waals surface area contributed by atoms with Gasteiger partial charge in [0.2, 0.25) is 0 Å². The molecule has 0 saturated carbocycles. The summed E-state index contributed by atoms with van der Waals surface area (Å²) in [6, 6.07) is 3.14. The summed E-state index contributed by atoms with van der Waals surface area (Å²) in [6.07, 6.45) is -4.22. The standard InChI is InChI=1S/C14H20F3O4P/c1-3-20-22(19,21-4-2)8-7-11-5-6-13(14(15,16)17)9-12(11)10-18/h5-6,9,18H,3-4,7-8,10H2,1-2H3. The first kappa shape index (κ1) is 19.2. The summed E-state index contributed by atoms with van der Waals surface area (Å²) in [7, 11) is -3.26. The van der Waals surface area contributed by atoms with Gasteiger partial charge in [0.15, 0.2) is 0 Å². The Labute approximate surface area is 127 Å². The fraction of sp³-hybridized carbons (Fsp3) is 0.571. The Hall–Kier alpha value is -0.880. The summed E-state index contributed by atoms with van der Waals surface area (Å²) in [6.45, 7) is 3.28. The lowest BCUT2D eigenvalue weighted by molar-refractivity contribution is -0.137. The topological polar surface area (TPSA) is 55.8 Å². The van der Waals surface area contributed by atoms with E-state index in [9.17, 15) is 22.8 Å². The van der Waals surface area contributed by atoms with Crippen molar-refractivity contribution in [3.63, 3.8) is 0 Å². The molecule has 22 heavy (non-hydrogen) atoms. The molecule has 0 aliphatic heterocycles. The molecule has 0 fully saturated rings. The lowest BCUT2D eigenvalue weighted by atomic mass is 10.0. The molecule has 4 nitrogen and oxygen atoms in total. The molecule has 1 aromatic carbocycles. The maximum absolute atomic E-state index is 12.6. The minimum Gasteiger partial charge on any atom is -0.392 e. The third kappa shape index (κ3) is 5.39. The molecule has 0 unspecified atom stereocenters. The summed E-state index contributed by atoms with van der Waals surface area (Å²) < 4.78 is 60.5. The van der Waals surface area contributed by atoms with Crippen LogP contribution in [0.15, 0.2) is 18.2 Å². The molecule has 0 aliphatic carbocycles. The van der Waals surface area contributed by atoms with E-state index in [0.29, 0.717) is 5.56 Å². The summed E-state index contributed by atoms with van der Waals surface area (Å²) in [5, 5.41) is 9.25. The first-order valence-corrected chi connectivity index (χ1v) is 8.66. The van der Waals surface area contributed by atoms with Crippen molar-refractivity contribution in [2.75, 3.05) is 19.4 Å². The van der Waals surface area contributed by atoms with E-state index >= 15 is 0 Å². The maximum atomic E-state index is 12.6. The van der Waals surface area contributed by atoms with E-state index in [1.54, 1.807) is 13.8 Å². The Morgan fingerprint density at radius 2 is 1.73 bits per heavy atom. The molecular formula is C14H20F3O4P. The van der Waals surface area contributed by atoms with Crippen molar-refractivity contribution in [3.8, 4) is 0 Å². The Bertz CT molecular complexity index is 521. The van der Waals surface area contributed by atoms with Gasteiger partial charge in [0.25, 0.3) is 0 Å². The molecule has 0 spiro atoms. The first-order chi connectivity index (χ1) is 10.3. The smallest absolute Gasteiger partial charge is 0.392 e. The van der Waals surface area contributed by atoms with Crippen LogP contribution in [0.25, 0.3) is 0 Å². The summed E-state index contributed by atoms with van der Waals surface area (Å²) >= 11 is 0. The molecule has 0 atom stereocenters. The minimum absolute atomic E-state index is 0.0487.